The zero-order valence-electron chi connectivity index (χ0n) is 20.7. The van der Waals surface area contributed by atoms with Crippen LogP contribution in [0.1, 0.15) is 0 Å². The van der Waals surface area contributed by atoms with Crippen molar-refractivity contribution >= 4 is 35.8 Å². The van der Waals surface area contributed by atoms with Crippen molar-refractivity contribution in [1.82, 2.24) is 14.7 Å². The zero-order valence-corrected chi connectivity index (χ0v) is 20.7. The van der Waals surface area contributed by atoms with Crippen molar-refractivity contribution in [2.75, 3.05) is 100 Å². The highest BCUT2D eigenvalue weighted by Crippen LogP contribution is 1.94. The third kappa shape index (κ3) is 15.6. The highest BCUT2D eigenvalue weighted by Gasteiger charge is 2.16. The van der Waals surface area contributed by atoms with Gasteiger partial charge >= 0.3 is 35.8 Å². The molecule has 0 unspecified atom stereocenters. The first-order chi connectivity index (χ1) is 17.0. The number of likely N-dealkylation sites (N-methyl/N-ethyl adjacent to an activating group) is 3. The molecule has 0 radical (unpaired) electrons. The quantitative estimate of drug-likeness (QED) is 0.235. The topological polar surface area (TPSA) is 168 Å². The van der Waals surface area contributed by atoms with Crippen molar-refractivity contribution in [1.29, 1.82) is 0 Å². The lowest BCUT2D eigenvalue weighted by atomic mass is 10.5. The molecule has 0 saturated carbocycles. The minimum atomic E-state index is -0.640. The molecule has 0 aromatic heterocycles. The van der Waals surface area contributed by atoms with Crippen molar-refractivity contribution in [3.8, 4) is 0 Å². The molecule has 1 aliphatic heterocycles. The highest BCUT2D eigenvalue weighted by molar-refractivity contribution is 5.76. The Morgan fingerprint density at radius 3 is 0.639 bits per heavy atom. The number of esters is 6. The van der Waals surface area contributed by atoms with E-state index < -0.39 is 35.8 Å². The van der Waals surface area contributed by atoms with Gasteiger partial charge in [-0.2, -0.15) is 0 Å². The van der Waals surface area contributed by atoms with Crippen LogP contribution in [-0.2, 0) is 57.2 Å². The van der Waals surface area contributed by atoms with E-state index in [0.29, 0.717) is 0 Å². The molecular weight excluding hydrogens is 486 g/mol. The van der Waals surface area contributed by atoms with Crippen LogP contribution < -0.4 is 0 Å². The van der Waals surface area contributed by atoms with Gasteiger partial charge in [0, 0.05) is 0 Å². The fourth-order valence-electron chi connectivity index (χ4n) is 2.70. The van der Waals surface area contributed by atoms with E-state index in [1.807, 2.05) is 0 Å². The predicted molar refractivity (Wildman–Crippen MR) is 118 cm³/mol. The number of hydrogen-bond donors (Lipinski definition) is 0. The minimum Gasteiger partial charge on any atom is -0.461 e. The summed E-state index contributed by atoms with van der Waals surface area (Å²) >= 11 is 0. The summed E-state index contributed by atoms with van der Waals surface area (Å²) in [7, 11) is 4.50. The van der Waals surface area contributed by atoms with E-state index in [1.54, 1.807) is 0 Å². The number of carbonyl (C=O) groups is 6. The van der Waals surface area contributed by atoms with Crippen LogP contribution in [0.2, 0.25) is 0 Å². The molecule has 0 N–H and O–H groups in total. The molecule has 15 heteroatoms. The van der Waals surface area contributed by atoms with E-state index in [1.165, 1.54) is 35.8 Å². The molecule has 0 spiro atoms. The van der Waals surface area contributed by atoms with Crippen molar-refractivity contribution < 1.29 is 57.2 Å². The molecule has 36 heavy (non-hydrogen) atoms. The van der Waals surface area contributed by atoms with E-state index in [-0.39, 0.29) is 78.9 Å². The first-order valence-electron chi connectivity index (χ1n) is 11.0. The van der Waals surface area contributed by atoms with Crippen LogP contribution in [0.25, 0.3) is 0 Å². The summed E-state index contributed by atoms with van der Waals surface area (Å²) in [6.45, 7) is -2.38. The summed E-state index contributed by atoms with van der Waals surface area (Å²) in [6.07, 6.45) is 0. The molecule has 1 aliphatic rings. The number of hydrogen-bond acceptors (Lipinski definition) is 15. The van der Waals surface area contributed by atoms with Crippen molar-refractivity contribution in [3.05, 3.63) is 0 Å². The Morgan fingerprint density at radius 1 is 0.361 bits per heavy atom. The fraction of sp³-hybridized carbons (Fsp3) is 0.714. The number of ether oxygens (including phenoxy) is 6. The molecule has 0 bridgehead atoms. The molecule has 0 atom stereocenters. The Bertz CT molecular complexity index is 615. The van der Waals surface area contributed by atoms with E-state index in [2.05, 4.69) is 0 Å². The van der Waals surface area contributed by atoms with Gasteiger partial charge in [-0.1, -0.05) is 0 Å². The smallest absolute Gasteiger partial charge is 0.320 e. The van der Waals surface area contributed by atoms with Gasteiger partial charge in [-0.15, -0.1) is 0 Å². The molecule has 1 fully saturated rings. The molecule has 204 valence electrons. The highest BCUT2D eigenvalue weighted by atomic mass is 16.6. The van der Waals surface area contributed by atoms with Gasteiger partial charge in [-0.3, -0.25) is 43.5 Å². The van der Waals surface area contributed by atoms with Crippen LogP contribution in [0.4, 0.5) is 0 Å². The zero-order chi connectivity index (χ0) is 26.9. The van der Waals surface area contributed by atoms with Gasteiger partial charge in [0.1, 0.15) is 39.6 Å². The summed E-state index contributed by atoms with van der Waals surface area (Å²) in [4.78, 5) is 75.1. The minimum absolute atomic E-state index is 0.187. The Hall–Kier alpha value is -3.30. The van der Waals surface area contributed by atoms with Crippen LogP contribution in [0, 0.1) is 0 Å². The van der Waals surface area contributed by atoms with Gasteiger partial charge in [0.25, 0.3) is 0 Å². The average molecular weight is 520 g/mol. The monoisotopic (exact) mass is 519 g/mol. The Labute approximate surface area is 208 Å². The standard InChI is InChI=1S/C21H33N3O12/c1-22-10-16(25)31-4-6-33-18(27)12-23(2)14-20(29)35-8-9-36-21(30)15-24(3)13-19(28)34-7-5-32-17(26)11-22/h4-15H2,1-3H3. The number of carbonyl (C=O) groups excluding carboxylic acids is 6. The van der Waals surface area contributed by atoms with Gasteiger partial charge in [0.05, 0.1) is 39.3 Å². The third-order valence-corrected chi connectivity index (χ3v) is 4.22. The van der Waals surface area contributed by atoms with Crippen LogP contribution >= 0.6 is 0 Å². The summed E-state index contributed by atoms with van der Waals surface area (Å²) < 4.78 is 29.7. The van der Waals surface area contributed by atoms with Crippen molar-refractivity contribution in [3.63, 3.8) is 0 Å². The molecule has 15 nitrogen and oxygen atoms in total. The molecule has 0 aromatic carbocycles. The van der Waals surface area contributed by atoms with Crippen LogP contribution in [0.15, 0.2) is 0 Å². The van der Waals surface area contributed by atoms with Gasteiger partial charge in [-0.25, -0.2) is 0 Å². The Morgan fingerprint density at radius 2 is 0.500 bits per heavy atom. The summed E-state index contributed by atoms with van der Waals surface area (Å²) in [5.74, 6) is -3.84. The normalized spacial score (nSPS) is 21.8. The van der Waals surface area contributed by atoms with Gasteiger partial charge < -0.3 is 28.4 Å². The van der Waals surface area contributed by atoms with Crippen LogP contribution in [0.3, 0.4) is 0 Å². The fourth-order valence-corrected chi connectivity index (χ4v) is 2.70. The van der Waals surface area contributed by atoms with Crippen molar-refractivity contribution in [2.24, 2.45) is 0 Å². The molecule has 1 saturated heterocycles. The second-order valence-electron chi connectivity index (χ2n) is 7.84. The Kier molecular flexibility index (Phi) is 14.7. The predicted octanol–water partition coefficient (Wildman–Crippen LogP) is -2.95. The third-order valence-electron chi connectivity index (χ3n) is 4.22. The number of rotatable bonds is 0. The van der Waals surface area contributed by atoms with Crippen LogP contribution in [-0.4, -0.2) is 151 Å². The molecule has 0 aromatic rings. The molecular formula is C21H33N3O12. The largest absolute Gasteiger partial charge is 0.461 e. The first-order valence-corrected chi connectivity index (χ1v) is 11.0. The Balaban J connectivity index is 2.58. The first kappa shape index (κ1) is 30.7. The SMILES string of the molecule is CN1CC(=O)OCCOC(=O)CN(C)CC(=O)OCCOC(=O)CN(C)CC(=O)OCCOC(=O)C1. The van der Waals surface area contributed by atoms with E-state index >= 15 is 0 Å². The molecule has 1 rings (SSSR count). The summed E-state index contributed by atoms with van der Waals surface area (Å²) in [5.41, 5.74) is 0. The molecule has 0 aliphatic carbocycles. The maximum atomic E-state index is 11.8. The van der Waals surface area contributed by atoms with Gasteiger partial charge in [0.15, 0.2) is 0 Å². The maximum absolute atomic E-state index is 11.8. The van der Waals surface area contributed by atoms with Crippen LogP contribution in [0.5, 0.6) is 0 Å². The van der Waals surface area contributed by atoms with Crippen molar-refractivity contribution in [2.45, 2.75) is 0 Å². The summed E-state index contributed by atoms with van der Waals surface area (Å²) in [6, 6.07) is 0. The second kappa shape index (κ2) is 17.2. The van der Waals surface area contributed by atoms with Gasteiger partial charge in [0.2, 0.25) is 0 Å². The maximum Gasteiger partial charge on any atom is 0.320 e. The lowest BCUT2D eigenvalue weighted by Gasteiger charge is -2.16. The van der Waals surface area contributed by atoms with E-state index in [4.69, 9.17) is 28.4 Å². The number of nitrogens with zero attached hydrogens (tertiary/aromatic N) is 3. The van der Waals surface area contributed by atoms with E-state index in [9.17, 15) is 28.8 Å². The second-order valence-corrected chi connectivity index (χ2v) is 7.84. The molecule has 1 heterocycles. The molecule has 0 amide bonds. The average Bonchev–Trinajstić information content (AvgIpc) is 2.76. The lowest BCUT2D eigenvalue weighted by Crippen LogP contribution is -2.34. The van der Waals surface area contributed by atoms with E-state index in [0.717, 1.165) is 0 Å². The number of cyclic esters (lactones) is 6. The summed E-state index contributed by atoms with van der Waals surface area (Å²) in [5, 5.41) is 0. The lowest BCUT2D eigenvalue weighted by molar-refractivity contribution is -0.156. The van der Waals surface area contributed by atoms with Gasteiger partial charge in [-0.05, 0) is 21.1 Å².